The molecule has 1 fully saturated rings. The number of aromatic nitrogens is 2. The molecule has 0 saturated carbocycles. The molecule has 0 spiro atoms. The van der Waals surface area contributed by atoms with E-state index in [1.807, 2.05) is 30.0 Å². The Labute approximate surface area is 147 Å². The maximum absolute atomic E-state index is 12.6. The van der Waals surface area contributed by atoms with E-state index in [0.29, 0.717) is 18.8 Å². The standard InChI is InChI=1S/C19H23N3O3/c1-14-5-3-6-15(11-14)12-18(23)22-10-4-7-16(13-22)25-17-8-9-20-19(21-17)24-2/h3,5-6,8-9,11,16H,4,7,10,12-13H2,1-2H3. The van der Waals surface area contributed by atoms with Gasteiger partial charge in [0.2, 0.25) is 11.8 Å². The molecular weight excluding hydrogens is 318 g/mol. The molecule has 1 aromatic heterocycles. The molecule has 1 aliphatic rings. The van der Waals surface area contributed by atoms with Crippen LogP contribution < -0.4 is 9.47 Å². The molecule has 1 unspecified atom stereocenters. The number of ether oxygens (including phenoxy) is 2. The van der Waals surface area contributed by atoms with E-state index in [1.54, 1.807) is 12.3 Å². The van der Waals surface area contributed by atoms with E-state index >= 15 is 0 Å². The van der Waals surface area contributed by atoms with Gasteiger partial charge in [0.15, 0.2) is 0 Å². The van der Waals surface area contributed by atoms with Crippen LogP contribution in [0.4, 0.5) is 0 Å². The van der Waals surface area contributed by atoms with Crippen molar-refractivity contribution in [3.63, 3.8) is 0 Å². The molecule has 132 valence electrons. The van der Waals surface area contributed by atoms with Crippen molar-refractivity contribution in [2.75, 3.05) is 20.2 Å². The number of piperidine rings is 1. The van der Waals surface area contributed by atoms with Gasteiger partial charge < -0.3 is 14.4 Å². The van der Waals surface area contributed by atoms with Crippen molar-refractivity contribution in [1.29, 1.82) is 0 Å². The predicted molar refractivity (Wildman–Crippen MR) is 93.7 cm³/mol. The van der Waals surface area contributed by atoms with Gasteiger partial charge >= 0.3 is 6.01 Å². The normalized spacial score (nSPS) is 17.2. The summed E-state index contributed by atoms with van der Waals surface area (Å²) in [5, 5.41) is 0. The lowest BCUT2D eigenvalue weighted by atomic mass is 10.1. The lowest BCUT2D eigenvalue weighted by molar-refractivity contribution is -0.133. The molecule has 1 saturated heterocycles. The fourth-order valence-corrected chi connectivity index (χ4v) is 3.03. The zero-order chi connectivity index (χ0) is 17.6. The number of rotatable bonds is 5. The van der Waals surface area contributed by atoms with Gasteiger partial charge in [-0.1, -0.05) is 29.8 Å². The van der Waals surface area contributed by atoms with Crippen molar-refractivity contribution in [3.8, 4) is 11.9 Å². The average Bonchev–Trinajstić information content (AvgIpc) is 2.62. The number of likely N-dealkylation sites (tertiary alicyclic amines) is 1. The van der Waals surface area contributed by atoms with Crippen LogP contribution in [0.15, 0.2) is 36.5 Å². The largest absolute Gasteiger partial charge is 0.472 e. The third-order valence-electron chi connectivity index (χ3n) is 4.25. The summed E-state index contributed by atoms with van der Waals surface area (Å²) in [5.41, 5.74) is 2.22. The first-order chi connectivity index (χ1) is 12.1. The molecule has 1 aliphatic heterocycles. The lowest BCUT2D eigenvalue weighted by Gasteiger charge is -2.32. The molecule has 1 aromatic carbocycles. The Hall–Kier alpha value is -2.63. The number of benzene rings is 1. The maximum Gasteiger partial charge on any atom is 0.319 e. The first-order valence-corrected chi connectivity index (χ1v) is 8.51. The van der Waals surface area contributed by atoms with E-state index in [2.05, 4.69) is 16.0 Å². The molecule has 6 heteroatoms. The second kappa shape index (κ2) is 7.96. The van der Waals surface area contributed by atoms with E-state index < -0.39 is 0 Å². The summed E-state index contributed by atoms with van der Waals surface area (Å²) >= 11 is 0. The van der Waals surface area contributed by atoms with Crippen LogP contribution >= 0.6 is 0 Å². The third kappa shape index (κ3) is 4.68. The van der Waals surface area contributed by atoms with Crippen molar-refractivity contribution < 1.29 is 14.3 Å². The van der Waals surface area contributed by atoms with Crippen molar-refractivity contribution in [3.05, 3.63) is 47.7 Å². The average molecular weight is 341 g/mol. The maximum atomic E-state index is 12.6. The summed E-state index contributed by atoms with van der Waals surface area (Å²) in [6, 6.07) is 10.1. The zero-order valence-electron chi connectivity index (χ0n) is 14.6. The number of amides is 1. The van der Waals surface area contributed by atoms with E-state index in [9.17, 15) is 4.79 Å². The molecule has 1 amide bonds. The summed E-state index contributed by atoms with van der Waals surface area (Å²) in [4.78, 5) is 22.6. The monoisotopic (exact) mass is 341 g/mol. The van der Waals surface area contributed by atoms with Gasteiger partial charge in [-0.2, -0.15) is 4.98 Å². The van der Waals surface area contributed by atoms with Gasteiger partial charge in [0.1, 0.15) is 6.10 Å². The minimum Gasteiger partial charge on any atom is -0.472 e. The second-order valence-corrected chi connectivity index (χ2v) is 6.27. The highest BCUT2D eigenvalue weighted by Gasteiger charge is 2.25. The SMILES string of the molecule is COc1nccc(OC2CCCN(C(=O)Cc3cccc(C)c3)C2)n1. The number of nitrogens with zero attached hydrogens (tertiary/aromatic N) is 3. The Morgan fingerprint density at radius 3 is 3.04 bits per heavy atom. The molecule has 0 radical (unpaired) electrons. The second-order valence-electron chi connectivity index (χ2n) is 6.27. The van der Waals surface area contributed by atoms with Gasteiger partial charge in [0, 0.05) is 18.8 Å². The predicted octanol–water partition coefficient (Wildman–Crippen LogP) is 2.41. The van der Waals surface area contributed by atoms with Crippen LogP contribution in [-0.2, 0) is 11.2 Å². The Balaban J connectivity index is 1.59. The summed E-state index contributed by atoms with van der Waals surface area (Å²) < 4.78 is 10.9. The van der Waals surface area contributed by atoms with Crippen LogP contribution in [0, 0.1) is 6.92 Å². The number of hydrogen-bond acceptors (Lipinski definition) is 5. The summed E-state index contributed by atoms with van der Waals surface area (Å²) in [5.74, 6) is 0.615. The Morgan fingerprint density at radius 1 is 1.36 bits per heavy atom. The summed E-state index contributed by atoms with van der Waals surface area (Å²) in [6.45, 7) is 3.39. The lowest BCUT2D eigenvalue weighted by Crippen LogP contribution is -2.45. The van der Waals surface area contributed by atoms with E-state index in [4.69, 9.17) is 9.47 Å². The van der Waals surface area contributed by atoms with E-state index in [-0.39, 0.29) is 18.0 Å². The summed E-state index contributed by atoms with van der Waals surface area (Å²) in [7, 11) is 1.52. The first kappa shape index (κ1) is 17.2. The number of hydrogen-bond donors (Lipinski definition) is 0. The Bertz CT molecular complexity index is 735. The van der Waals surface area contributed by atoms with Gasteiger partial charge in [-0.05, 0) is 25.3 Å². The van der Waals surface area contributed by atoms with Gasteiger partial charge in [0.25, 0.3) is 0 Å². The van der Waals surface area contributed by atoms with Crippen molar-refractivity contribution in [2.24, 2.45) is 0 Å². The highest BCUT2D eigenvalue weighted by atomic mass is 16.5. The van der Waals surface area contributed by atoms with Crippen molar-refractivity contribution >= 4 is 5.91 Å². The number of methoxy groups -OCH3 is 1. The fourth-order valence-electron chi connectivity index (χ4n) is 3.03. The first-order valence-electron chi connectivity index (χ1n) is 8.51. The van der Waals surface area contributed by atoms with Crippen molar-refractivity contribution in [2.45, 2.75) is 32.3 Å². The van der Waals surface area contributed by atoms with Crippen LogP contribution in [-0.4, -0.2) is 47.1 Å². The number of aryl methyl sites for hydroxylation is 1. The molecule has 0 bridgehead atoms. The van der Waals surface area contributed by atoms with Crippen molar-refractivity contribution in [1.82, 2.24) is 14.9 Å². The molecular formula is C19H23N3O3. The smallest absolute Gasteiger partial charge is 0.319 e. The zero-order valence-corrected chi connectivity index (χ0v) is 14.6. The minimum absolute atomic E-state index is 0.0604. The molecule has 0 aliphatic carbocycles. The minimum atomic E-state index is -0.0604. The van der Waals surface area contributed by atoms with Crippen LogP contribution in [0.2, 0.25) is 0 Å². The quantitative estimate of drug-likeness (QED) is 0.836. The molecule has 2 heterocycles. The molecule has 3 rings (SSSR count). The van der Waals surface area contributed by atoms with Crippen LogP contribution in [0.25, 0.3) is 0 Å². The van der Waals surface area contributed by atoms with Gasteiger partial charge in [0.05, 0.1) is 20.1 Å². The van der Waals surface area contributed by atoms with Crippen LogP contribution in [0.5, 0.6) is 11.9 Å². The van der Waals surface area contributed by atoms with Crippen LogP contribution in [0.3, 0.4) is 0 Å². The highest BCUT2D eigenvalue weighted by molar-refractivity contribution is 5.79. The molecule has 0 N–H and O–H groups in total. The van der Waals surface area contributed by atoms with Gasteiger partial charge in [-0.15, -0.1) is 0 Å². The number of carbonyl (C=O) groups excluding carboxylic acids is 1. The Kier molecular flexibility index (Phi) is 5.48. The van der Waals surface area contributed by atoms with E-state index in [0.717, 1.165) is 24.9 Å². The molecule has 6 nitrogen and oxygen atoms in total. The third-order valence-corrected chi connectivity index (χ3v) is 4.25. The summed E-state index contributed by atoms with van der Waals surface area (Å²) in [6.07, 6.45) is 3.79. The Morgan fingerprint density at radius 2 is 2.24 bits per heavy atom. The highest BCUT2D eigenvalue weighted by Crippen LogP contribution is 2.19. The molecule has 1 atom stereocenters. The number of carbonyl (C=O) groups is 1. The molecule has 25 heavy (non-hydrogen) atoms. The van der Waals surface area contributed by atoms with Gasteiger partial charge in [-0.3, -0.25) is 4.79 Å². The fraction of sp³-hybridized carbons (Fsp3) is 0.421. The van der Waals surface area contributed by atoms with Gasteiger partial charge in [-0.25, -0.2) is 4.98 Å². The topological polar surface area (TPSA) is 64.6 Å². The molecule has 2 aromatic rings. The van der Waals surface area contributed by atoms with E-state index in [1.165, 1.54) is 12.7 Å². The van der Waals surface area contributed by atoms with Crippen LogP contribution in [0.1, 0.15) is 24.0 Å².